The van der Waals surface area contributed by atoms with Crippen LogP contribution in [0.4, 0.5) is 0 Å². The van der Waals surface area contributed by atoms with E-state index >= 15 is 0 Å². The van der Waals surface area contributed by atoms with E-state index in [-0.39, 0.29) is 24.0 Å². The van der Waals surface area contributed by atoms with E-state index in [2.05, 4.69) is 0 Å². The second-order valence-electron chi connectivity index (χ2n) is 3.82. The first kappa shape index (κ1) is 18.2. The van der Waals surface area contributed by atoms with Crippen molar-refractivity contribution in [2.24, 2.45) is 5.73 Å². The topological polar surface area (TPSA) is 97.5 Å². The van der Waals surface area contributed by atoms with Crippen molar-refractivity contribution in [3.8, 4) is 0 Å². The summed E-state index contributed by atoms with van der Waals surface area (Å²) in [6.07, 6.45) is 0. The number of rotatable bonds is 5. The standard InChI is InChI=1S/C11H14ClNO4S.ClH/c1-7(11(14)15)18(16,17)10(6-13)8-4-2-3-5-9(8)12;/h2-5,7,10H,6,13H2,1H3,(H,14,15);1H. The molecular formula is C11H15Cl2NO4S. The van der Waals surface area contributed by atoms with Crippen molar-refractivity contribution in [1.82, 2.24) is 0 Å². The molecule has 0 aliphatic heterocycles. The number of benzene rings is 1. The fourth-order valence-corrected chi connectivity index (χ4v) is 3.49. The lowest BCUT2D eigenvalue weighted by molar-refractivity contribution is -0.136. The van der Waals surface area contributed by atoms with Gasteiger partial charge in [0.25, 0.3) is 0 Å². The molecule has 0 heterocycles. The Morgan fingerprint density at radius 3 is 2.37 bits per heavy atom. The second kappa shape index (κ2) is 7.09. The molecule has 3 N–H and O–H groups in total. The van der Waals surface area contributed by atoms with E-state index in [0.29, 0.717) is 5.56 Å². The third-order valence-corrected chi connectivity index (χ3v) is 5.47. The van der Waals surface area contributed by atoms with Crippen LogP contribution in [0.15, 0.2) is 24.3 Å². The molecule has 0 aliphatic carbocycles. The van der Waals surface area contributed by atoms with Gasteiger partial charge in [0.05, 0.1) is 0 Å². The Balaban J connectivity index is 0.00000324. The number of halogens is 2. The minimum absolute atomic E-state index is 0. The number of carboxylic acid groups (broad SMARTS) is 1. The van der Waals surface area contributed by atoms with Gasteiger partial charge in [-0.15, -0.1) is 12.4 Å². The molecule has 0 amide bonds. The largest absolute Gasteiger partial charge is 0.480 e. The maximum atomic E-state index is 12.1. The maximum Gasteiger partial charge on any atom is 0.321 e. The lowest BCUT2D eigenvalue weighted by Crippen LogP contribution is -2.34. The Morgan fingerprint density at radius 2 is 1.95 bits per heavy atom. The summed E-state index contributed by atoms with van der Waals surface area (Å²) in [5.41, 5.74) is 5.80. The third kappa shape index (κ3) is 3.82. The van der Waals surface area contributed by atoms with Crippen LogP contribution in [-0.4, -0.2) is 31.3 Å². The van der Waals surface area contributed by atoms with Crippen molar-refractivity contribution >= 4 is 39.8 Å². The number of carbonyl (C=O) groups is 1. The number of aliphatic carboxylic acids is 1. The Hall–Kier alpha value is -0.820. The zero-order valence-electron chi connectivity index (χ0n) is 10.1. The van der Waals surface area contributed by atoms with E-state index in [0.717, 1.165) is 6.92 Å². The molecule has 0 spiro atoms. The molecule has 1 aromatic rings. The SMILES string of the molecule is CC(C(=O)O)S(=O)(=O)C(CN)c1ccccc1Cl.Cl. The molecule has 0 fully saturated rings. The number of carboxylic acids is 1. The quantitative estimate of drug-likeness (QED) is 0.856. The van der Waals surface area contributed by atoms with E-state index in [4.69, 9.17) is 22.4 Å². The molecule has 0 radical (unpaired) electrons. The molecule has 0 bridgehead atoms. The number of hydrogen-bond donors (Lipinski definition) is 2. The molecule has 0 saturated carbocycles. The van der Waals surface area contributed by atoms with E-state index in [1.54, 1.807) is 18.2 Å². The molecule has 1 aromatic carbocycles. The van der Waals surface area contributed by atoms with Crippen molar-refractivity contribution in [3.05, 3.63) is 34.9 Å². The molecule has 19 heavy (non-hydrogen) atoms. The average molecular weight is 328 g/mol. The van der Waals surface area contributed by atoms with Crippen LogP contribution in [0.1, 0.15) is 17.7 Å². The van der Waals surface area contributed by atoms with Gasteiger partial charge < -0.3 is 10.8 Å². The predicted octanol–water partition coefficient (Wildman–Crippen LogP) is 1.65. The smallest absolute Gasteiger partial charge is 0.321 e. The van der Waals surface area contributed by atoms with E-state index < -0.39 is 26.3 Å². The maximum absolute atomic E-state index is 12.1. The fraction of sp³-hybridized carbons (Fsp3) is 0.364. The van der Waals surface area contributed by atoms with Crippen LogP contribution < -0.4 is 5.73 Å². The number of hydrogen-bond acceptors (Lipinski definition) is 4. The van der Waals surface area contributed by atoms with Crippen LogP contribution in [0.2, 0.25) is 5.02 Å². The summed E-state index contributed by atoms with van der Waals surface area (Å²) in [7, 11) is -3.93. The highest BCUT2D eigenvalue weighted by Crippen LogP contribution is 2.30. The number of nitrogens with two attached hydrogens (primary N) is 1. The van der Waals surface area contributed by atoms with Gasteiger partial charge in [0, 0.05) is 11.6 Å². The molecule has 2 unspecified atom stereocenters. The van der Waals surface area contributed by atoms with Crippen LogP contribution >= 0.6 is 24.0 Å². The van der Waals surface area contributed by atoms with Gasteiger partial charge in [-0.25, -0.2) is 8.42 Å². The van der Waals surface area contributed by atoms with Crippen LogP contribution in [0.3, 0.4) is 0 Å². The highest BCUT2D eigenvalue weighted by Gasteiger charge is 2.36. The van der Waals surface area contributed by atoms with Gasteiger partial charge in [0.1, 0.15) is 5.25 Å². The van der Waals surface area contributed by atoms with Crippen molar-refractivity contribution < 1.29 is 18.3 Å². The Labute approximate surface area is 123 Å². The van der Waals surface area contributed by atoms with Crippen LogP contribution in [0.25, 0.3) is 0 Å². The van der Waals surface area contributed by atoms with Gasteiger partial charge in [-0.2, -0.15) is 0 Å². The molecule has 0 aromatic heterocycles. The second-order valence-corrected chi connectivity index (χ2v) is 6.68. The molecule has 108 valence electrons. The lowest BCUT2D eigenvalue weighted by atomic mass is 10.1. The summed E-state index contributed by atoms with van der Waals surface area (Å²) in [6, 6.07) is 6.37. The first-order valence-electron chi connectivity index (χ1n) is 5.22. The molecule has 0 aliphatic rings. The highest BCUT2D eigenvalue weighted by molar-refractivity contribution is 7.93. The van der Waals surface area contributed by atoms with Crippen LogP contribution in [0, 0.1) is 0 Å². The van der Waals surface area contributed by atoms with Gasteiger partial charge >= 0.3 is 5.97 Å². The minimum Gasteiger partial charge on any atom is -0.480 e. The first-order valence-corrected chi connectivity index (χ1v) is 7.21. The van der Waals surface area contributed by atoms with Gasteiger partial charge in [0.2, 0.25) is 0 Å². The Morgan fingerprint density at radius 1 is 1.42 bits per heavy atom. The summed E-state index contributed by atoms with van der Waals surface area (Å²) >= 11 is 5.92. The molecule has 2 atom stereocenters. The van der Waals surface area contributed by atoms with Crippen molar-refractivity contribution in [2.75, 3.05) is 6.54 Å². The Kier molecular flexibility index (Phi) is 6.79. The molecule has 5 nitrogen and oxygen atoms in total. The highest BCUT2D eigenvalue weighted by atomic mass is 35.5. The summed E-state index contributed by atoms with van der Waals surface area (Å²) in [6.45, 7) is 0.904. The normalized spacial score (nSPS) is 14.3. The van der Waals surface area contributed by atoms with E-state index in [1.807, 2.05) is 0 Å². The van der Waals surface area contributed by atoms with Gasteiger partial charge in [-0.05, 0) is 18.6 Å². The van der Waals surface area contributed by atoms with Gasteiger partial charge in [0.15, 0.2) is 15.1 Å². The minimum atomic E-state index is -3.93. The summed E-state index contributed by atoms with van der Waals surface area (Å²) in [4.78, 5) is 10.8. The summed E-state index contributed by atoms with van der Waals surface area (Å²) < 4.78 is 24.3. The predicted molar refractivity (Wildman–Crippen MR) is 76.5 cm³/mol. The van der Waals surface area contributed by atoms with Crippen LogP contribution in [-0.2, 0) is 14.6 Å². The molecule has 0 saturated heterocycles. The lowest BCUT2D eigenvalue weighted by Gasteiger charge is -2.19. The van der Waals surface area contributed by atoms with Gasteiger partial charge in [-0.1, -0.05) is 29.8 Å². The summed E-state index contributed by atoms with van der Waals surface area (Å²) in [5.74, 6) is -1.40. The molecular weight excluding hydrogens is 313 g/mol. The van der Waals surface area contributed by atoms with Gasteiger partial charge in [-0.3, -0.25) is 4.79 Å². The van der Waals surface area contributed by atoms with E-state index in [9.17, 15) is 13.2 Å². The van der Waals surface area contributed by atoms with Crippen molar-refractivity contribution in [3.63, 3.8) is 0 Å². The Bertz CT molecular complexity index is 547. The average Bonchev–Trinajstić information content (AvgIpc) is 2.31. The van der Waals surface area contributed by atoms with Crippen molar-refractivity contribution in [1.29, 1.82) is 0 Å². The zero-order valence-corrected chi connectivity index (χ0v) is 12.5. The fourth-order valence-electron chi connectivity index (χ4n) is 1.56. The zero-order chi connectivity index (χ0) is 13.9. The van der Waals surface area contributed by atoms with Crippen molar-refractivity contribution in [2.45, 2.75) is 17.4 Å². The summed E-state index contributed by atoms with van der Waals surface area (Å²) in [5, 5.41) is 6.44. The van der Waals surface area contributed by atoms with E-state index in [1.165, 1.54) is 6.07 Å². The molecule has 8 heteroatoms. The first-order chi connectivity index (χ1) is 8.32. The number of sulfone groups is 1. The monoisotopic (exact) mass is 327 g/mol. The third-order valence-electron chi connectivity index (χ3n) is 2.70. The molecule has 1 rings (SSSR count). The van der Waals surface area contributed by atoms with Crippen LogP contribution in [0.5, 0.6) is 0 Å².